The molecule has 1 aromatic heterocycles. The third kappa shape index (κ3) is 4.17. The van der Waals surface area contributed by atoms with Crippen molar-refractivity contribution in [1.82, 2.24) is 9.55 Å². The van der Waals surface area contributed by atoms with Gasteiger partial charge in [-0.1, -0.05) is 26.0 Å². The summed E-state index contributed by atoms with van der Waals surface area (Å²) < 4.78 is 6.91. The molecule has 1 heterocycles. The molecule has 156 valence electrons. The second kappa shape index (κ2) is 9.03. The van der Waals surface area contributed by atoms with Crippen LogP contribution < -0.4 is 5.56 Å². The topological polar surface area (TPSA) is 78.3 Å². The second-order valence-electron chi connectivity index (χ2n) is 7.15. The first-order chi connectivity index (χ1) is 14.4. The Morgan fingerprint density at radius 2 is 1.80 bits per heavy atom. The molecule has 6 heteroatoms. The lowest BCUT2D eigenvalue weighted by atomic mass is 9.98. The van der Waals surface area contributed by atoms with Crippen molar-refractivity contribution in [3.8, 4) is 0 Å². The van der Waals surface area contributed by atoms with Crippen LogP contribution in [-0.2, 0) is 24.1 Å². The number of hydrogen-bond acceptors (Lipinski definition) is 5. The summed E-state index contributed by atoms with van der Waals surface area (Å²) in [4.78, 5) is 41.7. The van der Waals surface area contributed by atoms with E-state index in [9.17, 15) is 14.4 Å². The van der Waals surface area contributed by atoms with Gasteiger partial charge in [0.2, 0.25) is 5.78 Å². The normalized spacial score (nSPS) is 10.9. The molecule has 30 heavy (non-hydrogen) atoms. The number of nitrogens with zero attached hydrogens (tertiary/aromatic N) is 2. The lowest BCUT2D eigenvalue weighted by Gasteiger charge is -2.11. The predicted molar refractivity (Wildman–Crippen MR) is 116 cm³/mol. The van der Waals surface area contributed by atoms with E-state index in [0.717, 1.165) is 24.0 Å². The number of benzene rings is 2. The monoisotopic (exact) mass is 406 g/mol. The summed E-state index contributed by atoms with van der Waals surface area (Å²) in [6.07, 6.45) is 1.56. The smallest absolute Gasteiger partial charge is 0.338 e. The lowest BCUT2D eigenvalue weighted by molar-refractivity contribution is 0.0474. The van der Waals surface area contributed by atoms with Crippen LogP contribution in [0.15, 0.2) is 41.2 Å². The Morgan fingerprint density at radius 1 is 1.03 bits per heavy atom. The first-order valence-corrected chi connectivity index (χ1v) is 10.2. The Balaban J connectivity index is 1.81. The van der Waals surface area contributed by atoms with Gasteiger partial charge < -0.3 is 9.30 Å². The van der Waals surface area contributed by atoms with Crippen molar-refractivity contribution in [1.29, 1.82) is 0 Å². The molecule has 6 nitrogen and oxygen atoms in total. The minimum absolute atomic E-state index is 0.146. The number of Topliss-reactive ketones (excluding diaryl/α,β-unsaturated/α-hetero) is 1. The summed E-state index contributed by atoms with van der Waals surface area (Å²) in [5, 5.41) is 0. The highest BCUT2D eigenvalue weighted by Gasteiger charge is 2.16. The first kappa shape index (κ1) is 21.4. The molecule has 2 aromatic carbocycles. The Labute approximate surface area is 175 Å². The third-order valence-electron chi connectivity index (χ3n) is 5.26. The summed E-state index contributed by atoms with van der Waals surface area (Å²) >= 11 is 0. The number of aryl methyl sites for hydroxylation is 4. The van der Waals surface area contributed by atoms with E-state index >= 15 is 0 Å². The maximum absolute atomic E-state index is 12.7. The van der Waals surface area contributed by atoms with Crippen molar-refractivity contribution in [2.45, 2.75) is 47.1 Å². The van der Waals surface area contributed by atoms with E-state index in [1.165, 1.54) is 0 Å². The number of carbonyl (C=O) groups excluding carboxylic acids is 2. The molecule has 0 aliphatic heterocycles. The van der Waals surface area contributed by atoms with Crippen LogP contribution in [0.3, 0.4) is 0 Å². The van der Waals surface area contributed by atoms with E-state index < -0.39 is 5.97 Å². The fourth-order valence-corrected chi connectivity index (χ4v) is 3.52. The Hall–Kier alpha value is -3.28. The molecule has 0 saturated carbocycles. The van der Waals surface area contributed by atoms with Crippen LogP contribution in [-0.4, -0.2) is 27.9 Å². The maximum atomic E-state index is 12.7. The van der Waals surface area contributed by atoms with Crippen LogP contribution in [0.1, 0.15) is 58.3 Å². The molecular formula is C24H26N2O4. The fourth-order valence-electron chi connectivity index (χ4n) is 3.52. The van der Waals surface area contributed by atoms with E-state index in [-0.39, 0.29) is 17.9 Å². The molecule has 0 unspecified atom stereocenters. The Bertz CT molecular complexity index is 1180. The van der Waals surface area contributed by atoms with Crippen molar-refractivity contribution in [3.05, 3.63) is 74.7 Å². The molecule has 0 amide bonds. The Morgan fingerprint density at radius 3 is 2.47 bits per heavy atom. The summed E-state index contributed by atoms with van der Waals surface area (Å²) in [5.41, 5.74) is 4.33. The zero-order chi connectivity index (χ0) is 21.8. The minimum Gasteiger partial charge on any atom is -0.454 e. The molecule has 3 aromatic rings. The van der Waals surface area contributed by atoms with E-state index in [1.54, 1.807) is 29.7 Å². The maximum Gasteiger partial charge on any atom is 0.338 e. The summed E-state index contributed by atoms with van der Waals surface area (Å²) in [7, 11) is 0. The molecule has 0 atom stereocenters. The molecule has 0 saturated heterocycles. The lowest BCUT2D eigenvalue weighted by Crippen LogP contribution is -2.23. The average molecular weight is 406 g/mol. The van der Waals surface area contributed by atoms with E-state index in [0.29, 0.717) is 34.4 Å². The van der Waals surface area contributed by atoms with Crippen LogP contribution in [0, 0.1) is 6.92 Å². The molecule has 0 aliphatic rings. The van der Waals surface area contributed by atoms with Gasteiger partial charge in [0.1, 0.15) is 5.69 Å². The number of aromatic nitrogens is 2. The van der Waals surface area contributed by atoms with Crippen LogP contribution in [0.2, 0.25) is 0 Å². The summed E-state index contributed by atoms with van der Waals surface area (Å²) in [5.74, 6) is -0.811. The Kier molecular flexibility index (Phi) is 6.45. The van der Waals surface area contributed by atoms with Crippen LogP contribution in [0.25, 0.3) is 11.0 Å². The van der Waals surface area contributed by atoms with Crippen molar-refractivity contribution in [3.63, 3.8) is 0 Å². The predicted octanol–water partition coefficient (Wildman–Crippen LogP) is 3.89. The van der Waals surface area contributed by atoms with E-state index in [1.807, 2.05) is 39.0 Å². The standard InChI is InChI=1S/C24H26N2O4/c1-5-16-8-9-17(6-2)19(12-16)22(27)14-30-24(29)18-10-11-21-20(13-18)25-15(4)23(28)26(21)7-3/h8-13H,5-7,14H2,1-4H3. The SMILES string of the molecule is CCc1ccc(CC)c(C(=O)COC(=O)c2ccc3c(c2)nc(C)c(=O)n3CC)c1. The van der Waals surface area contributed by atoms with E-state index in [2.05, 4.69) is 4.98 Å². The number of hydrogen-bond donors (Lipinski definition) is 0. The highest BCUT2D eigenvalue weighted by Crippen LogP contribution is 2.17. The van der Waals surface area contributed by atoms with Gasteiger partial charge in [-0.05, 0) is 62.1 Å². The van der Waals surface area contributed by atoms with Gasteiger partial charge in [-0.3, -0.25) is 9.59 Å². The highest BCUT2D eigenvalue weighted by molar-refractivity contribution is 6.01. The summed E-state index contributed by atoms with van der Waals surface area (Å²) in [6, 6.07) is 10.7. The number of fused-ring (bicyclic) bond motifs is 1. The van der Waals surface area contributed by atoms with Crippen LogP contribution in [0.5, 0.6) is 0 Å². The molecule has 0 fully saturated rings. The van der Waals surface area contributed by atoms with Crippen LogP contribution >= 0.6 is 0 Å². The van der Waals surface area contributed by atoms with Crippen molar-refractivity contribution >= 4 is 22.8 Å². The number of ketones is 1. The fraction of sp³-hybridized carbons (Fsp3) is 0.333. The van der Waals surface area contributed by atoms with Crippen LogP contribution in [0.4, 0.5) is 0 Å². The van der Waals surface area contributed by atoms with Crippen molar-refractivity contribution in [2.75, 3.05) is 6.61 Å². The largest absolute Gasteiger partial charge is 0.454 e. The van der Waals surface area contributed by atoms with Gasteiger partial charge in [0.15, 0.2) is 6.61 Å². The zero-order valence-corrected chi connectivity index (χ0v) is 17.8. The van der Waals surface area contributed by atoms with Gasteiger partial charge in [-0.25, -0.2) is 9.78 Å². The minimum atomic E-state index is -0.594. The molecule has 0 N–H and O–H groups in total. The van der Waals surface area contributed by atoms with E-state index in [4.69, 9.17) is 4.74 Å². The quantitative estimate of drug-likeness (QED) is 0.439. The van der Waals surface area contributed by atoms with Gasteiger partial charge in [0.25, 0.3) is 5.56 Å². The number of esters is 1. The first-order valence-electron chi connectivity index (χ1n) is 10.2. The van der Waals surface area contributed by atoms with Gasteiger partial charge in [-0.2, -0.15) is 0 Å². The van der Waals surface area contributed by atoms with Gasteiger partial charge in [-0.15, -0.1) is 0 Å². The summed E-state index contributed by atoms with van der Waals surface area (Å²) in [6.45, 7) is 7.73. The number of ether oxygens (including phenoxy) is 1. The average Bonchev–Trinajstić information content (AvgIpc) is 2.77. The molecule has 0 aliphatic carbocycles. The van der Waals surface area contributed by atoms with Gasteiger partial charge >= 0.3 is 5.97 Å². The third-order valence-corrected chi connectivity index (χ3v) is 5.26. The number of carbonyl (C=O) groups is 2. The van der Waals surface area contributed by atoms with Gasteiger partial charge in [0.05, 0.1) is 16.6 Å². The van der Waals surface area contributed by atoms with Crippen molar-refractivity contribution < 1.29 is 14.3 Å². The van der Waals surface area contributed by atoms with Crippen molar-refractivity contribution in [2.24, 2.45) is 0 Å². The highest BCUT2D eigenvalue weighted by atomic mass is 16.5. The molecule has 0 spiro atoms. The number of rotatable bonds is 7. The molecule has 3 rings (SSSR count). The molecule has 0 radical (unpaired) electrons. The molecule has 0 bridgehead atoms. The zero-order valence-electron chi connectivity index (χ0n) is 17.8. The second-order valence-corrected chi connectivity index (χ2v) is 7.15. The van der Waals surface area contributed by atoms with Gasteiger partial charge in [0, 0.05) is 12.1 Å². The molecular weight excluding hydrogens is 380 g/mol.